The highest BCUT2D eigenvalue weighted by Crippen LogP contribution is 2.22. The van der Waals surface area contributed by atoms with Crippen molar-refractivity contribution in [2.24, 2.45) is 0 Å². The summed E-state index contributed by atoms with van der Waals surface area (Å²) in [7, 11) is 0. The van der Waals surface area contributed by atoms with Crippen molar-refractivity contribution in [3.8, 4) is 11.6 Å². The molecule has 0 aliphatic carbocycles. The summed E-state index contributed by atoms with van der Waals surface area (Å²) in [4.78, 5) is 16.2. The van der Waals surface area contributed by atoms with Crippen LogP contribution in [0, 0.1) is 0 Å². The zero-order chi connectivity index (χ0) is 16.8. The molecule has 120 valence electrons. The normalized spacial score (nSPS) is 10.2. The lowest BCUT2D eigenvalue weighted by molar-refractivity contribution is -0.115. The van der Waals surface area contributed by atoms with Crippen LogP contribution in [0.1, 0.15) is 5.56 Å². The average Bonchev–Trinajstić information content (AvgIpc) is 2.59. The number of aromatic nitrogens is 1. The predicted molar refractivity (Wildman–Crippen MR) is 94.5 cm³/mol. The van der Waals surface area contributed by atoms with Crippen molar-refractivity contribution in [3.63, 3.8) is 0 Å². The van der Waals surface area contributed by atoms with Gasteiger partial charge in [-0.15, -0.1) is 0 Å². The van der Waals surface area contributed by atoms with Gasteiger partial charge in [0.25, 0.3) is 0 Å². The maximum Gasteiger partial charge on any atom is 0.228 e. The number of ether oxygens (including phenoxy) is 1. The second-order valence-electron chi connectivity index (χ2n) is 5.15. The fraction of sp³-hybridized carbons (Fsp3) is 0.0526. The third kappa shape index (κ3) is 4.57. The Hall–Kier alpha value is -2.85. The highest BCUT2D eigenvalue weighted by Gasteiger charge is 2.05. The van der Waals surface area contributed by atoms with E-state index in [9.17, 15) is 4.79 Å². The van der Waals surface area contributed by atoms with Gasteiger partial charge in [0.05, 0.1) is 18.3 Å². The van der Waals surface area contributed by atoms with Crippen LogP contribution in [0.25, 0.3) is 0 Å². The molecule has 3 rings (SSSR count). The zero-order valence-electron chi connectivity index (χ0n) is 12.8. The van der Waals surface area contributed by atoms with Crippen molar-refractivity contribution in [1.29, 1.82) is 0 Å². The van der Waals surface area contributed by atoms with Gasteiger partial charge in [-0.25, -0.2) is 4.98 Å². The van der Waals surface area contributed by atoms with E-state index in [1.54, 1.807) is 42.6 Å². The number of nitrogens with one attached hydrogen (secondary N) is 1. The molecule has 5 heteroatoms. The number of pyridine rings is 1. The van der Waals surface area contributed by atoms with Crippen LogP contribution in [0.5, 0.6) is 11.6 Å². The smallest absolute Gasteiger partial charge is 0.228 e. The molecule has 3 aromatic rings. The van der Waals surface area contributed by atoms with E-state index in [4.69, 9.17) is 16.3 Å². The van der Waals surface area contributed by atoms with Gasteiger partial charge in [0, 0.05) is 11.1 Å². The van der Waals surface area contributed by atoms with Crippen LogP contribution in [-0.2, 0) is 11.2 Å². The van der Waals surface area contributed by atoms with Gasteiger partial charge in [0.15, 0.2) is 0 Å². The molecule has 24 heavy (non-hydrogen) atoms. The summed E-state index contributed by atoms with van der Waals surface area (Å²) in [5, 5.41) is 3.46. The largest absolute Gasteiger partial charge is 0.439 e. The summed E-state index contributed by atoms with van der Waals surface area (Å²) in [5.41, 5.74) is 1.59. The van der Waals surface area contributed by atoms with Crippen molar-refractivity contribution in [1.82, 2.24) is 4.98 Å². The van der Waals surface area contributed by atoms with Crippen LogP contribution < -0.4 is 10.1 Å². The van der Waals surface area contributed by atoms with Crippen molar-refractivity contribution >= 4 is 23.2 Å². The van der Waals surface area contributed by atoms with Gasteiger partial charge < -0.3 is 10.1 Å². The third-order valence-corrected chi connectivity index (χ3v) is 3.52. The molecule has 1 N–H and O–H groups in total. The van der Waals surface area contributed by atoms with E-state index < -0.39 is 0 Å². The molecular weight excluding hydrogens is 324 g/mol. The van der Waals surface area contributed by atoms with Gasteiger partial charge in [0.2, 0.25) is 11.8 Å². The lowest BCUT2D eigenvalue weighted by Crippen LogP contribution is -2.14. The first-order chi connectivity index (χ1) is 11.7. The highest BCUT2D eigenvalue weighted by atomic mass is 35.5. The van der Waals surface area contributed by atoms with Crippen LogP contribution in [0.2, 0.25) is 5.02 Å². The number of hydrogen-bond acceptors (Lipinski definition) is 3. The molecule has 2 aromatic carbocycles. The van der Waals surface area contributed by atoms with Crippen molar-refractivity contribution < 1.29 is 9.53 Å². The first kappa shape index (κ1) is 16.0. The molecule has 0 saturated heterocycles. The lowest BCUT2D eigenvalue weighted by atomic mass is 10.1. The van der Waals surface area contributed by atoms with Crippen LogP contribution >= 0.6 is 11.6 Å². The number of nitrogens with zero attached hydrogens (tertiary/aromatic N) is 1. The van der Waals surface area contributed by atoms with E-state index in [-0.39, 0.29) is 5.91 Å². The molecule has 4 nitrogen and oxygen atoms in total. The van der Waals surface area contributed by atoms with Crippen LogP contribution in [0.3, 0.4) is 0 Å². The second kappa shape index (κ2) is 7.62. The van der Waals surface area contributed by atoms with E-state index in [0.29, 0.717) is 28.8 Å². The fourth-order valence-electron chi connectivity index (χ4n) is 2.12. The van der Waals surface area contributed by atoms with Gasteiger partial charge in [-0.2, -0.15) is 0 Å². The van der Waals surface area contributed by atoms with E-state index in [1.165, 1.54) is 0 Å². The number of amides is 1. The first-order valence-corrected chi connectivity index (χ1v) is 7.80. The molecule has 0 unspecified atom stereocenters. The monoisotopic (exact) mass is 338 g/mol. The Morgan fingerprint density at radius 1 is 1.00 bits per heavy atom. The Labute approximate surface area is 145 Å². The number of rotatable bonds is 5. The minimum Gasteiger partial charge on any atom is -0.439 e. The number of halogens is 1. The standard InChI is InChI=1S/C19H15ClN2O2/c20-15-6-9-17(10-7-15)24-19-11-8-16(13-21-19)22-18(23)12-14-4-2-1-3-5-14/h1-11,13H,12H2,(H,22,23). The average molecular weight is 339 g/mol. The minimum absolute atomic E-state index is 0.0885. The minimum atomic E-state index is -0.0885. The van der Waals surface area contributed by atoms with Crippen molar-refractivity contribution in [2.75, 3.05) is 5.32 Å². The van der Waals surface area contributed by atoms with Gasteiger partial charge in [-0.05, 0) is 35.9 Å². The number of hydrogen-bond donors (Lipinski definition) is 1. The Morgan fingerprint density at radius 3 is 2.42 bits per heavy atom. The quantitative estimate of drug-likeness (QED) is 0.733. The zero-order valence-corrected chi connectivity index (χ0v) is 13.5. The molecule has 0 spiro atoms. The maximum atomic E-state index is 12.0. The summed E-state index contributed by atoms with van der Waals surface area (Å²) < 4.78 is 5.61. The molecule has 0 fully saturated rings. The maximum absolute atomic E-state index is 12.0. The van der Waals surface area contributed by atoms with Gasteiger partial charge in [-0.1, -0.05) is 41.9 Å². The summed E-state index contributed by atoms with van der Waals surface area (Å²) in [5.74, 6) is 1.00. The van der Waals surface area contributed by atoms with E-state index in [1.807, 2.05) is 30.3 Å². The van der Waals surface area contributed by atoms with Gasteiger partial charge >= 0.3 is 0 Å². The molecule has 0 bridgehead atoms. The Kier molecular flexibility index (Phi) is 5.08. The summed E-state index contributed by atoms with van der Waals surface area (Å²) in [6, 6.07) is 20.0. The number of carbonyl (C=O) groups excluding carboxylic acids is 1. The summed E-state index contributed by atoms with van der Waals surface area (Å²) in [6.07, 6.45) is 1.89. The molecule has 0 aliphatic rings. The molecule has 0 atom stereocenters. The van der Waals surface area contributed by atoms with Crippen molar-refractivity contribution in [3.05, 3.63) is 83.5 Å². The number of carbonyl (C=O) groups is 1. The van der Waals surface area contributed by atoms with E-state index >= 15 is 0 Å². The summed E-state index contributed by atoms with van der Waals surface area (Å²) >= 11 is 5.83. The molecule has 0 aliphatic heterocycles. The topological polar surface area (TPSA) is 51.2 Å². The first-order valence-electron chi connectivity index (χ1n) is 7.42. The Balaban J connectivity index is 1.58. The molecule has 1 heterocycles. The molecular formula is C19H15ClN2O2. The highest BCUT2D eigenvalue weighted by molar-refractivity contribution is 6.30. The van der Waals surface area contributed by atoms with Crippen LogP contribution in [0.4, 0.5) is 5.69 Å². The van der Waals surface area contributed by atoms with Crippen LogP contribution in [0.15, 0.2) is 72.9 Å². The molecule has 1 amide bonds. The number of benzene rings is 2. The van der Waals surface area contributed by atoms with Gasteiger partial charge in [-0.3, -0.25) is 4.79 Å². The SMILES string of the molecule is O=C(Cc1ccccc1)Nc1ccc(Oc2ccc(Cl)cc2)nc1. The lowest BCUT2D eigenvalue weighted by Gasteiger charge is -2.07. The molecule has 1 aromatic heterocycles. The van der Waals surface area contributed by atoms with Crippen molar-refractivity contribution in [2.45, 2.75) is 6.42 Å². The second-order valence-corrected chi connectivity index (χ2v) is 5.59. The number of anilines is 1. The Morgan fingerprint density at radius 2 is 1.75 bits per heavy atom. The fourth-order valence-corrected chi connectivity index (χ4v) is 2.25. The van der Waals surface area contributed by atoms with Gasteiger partial charge in [0.1, 0.15) is 5.75 Å². The molecule has 0 saturated carbocycles. The van der Waals surface area contributed by atoms with Crippen LogP contribution in [-0.4, -0.2) is 10.9 Å². The predicted octanol–water partition coefficient (Wildman–Crippen LogP) is 4.71. The Bertz CT molecular complexity index is 803. The third-order valence-electron chi connectivity index (χ3n) is 3.26. The summed E-state index contributed by atoms with van der Waals surface area (Å²) in [6.45, 7) is 0. The van der Waals surface area contributed by atoms with E-state index in [0.717, 1.165) is 5.56 Å². The molecule has 0 radical (unpaired) electrons. The van der Waals surface area contributed by atoms with E-state index in [2.05, 4.69) is 10.3 Å².